The van der Waals surface area contributed by atoms with Crippen molar-refractivity contribution >= 4 is 21.9 Å². The fourth-order valence-corrected chi connectivity index (χ4v) is 4.08. The second-order valence-corrected chi connectivity index (χ2v) is 6.55. The maximum atomic E-state index is 12.4. The highest BCUT2D eigenvalue weighted by Crippen LogP contribution is 2.32. The molecule has 2 unspecified atom stereocenters. The number of methoxy groups -OCH3 is 1. The summed E-state index contributed by atoms with van der Waals surface area (Å²) in [5, 5.41) is 5.32. The number of nitrogens with one attached hydrogen (secondary N) is 2. The second kappa shape index (κ2) is 6.29. The van der Waals surface area contributed by atoms with Crippen LogP contribution in [-0.2, 0) is 19.6 Å². The minimum Gasteiger partial charge on any atom is -0.469 e. The predicted octanol–water partition coefficient (Wildman–Crippen LogP) is 0.287. The van der Waals surface area contributed by atoms with E-state index in [2.05, 4.69) is 24.6 Å². The molecule has 0 saturated heterocycles. The van der Waals surface area contributed by atoms with Gasteiger partial charge in [0.05, 0.1) is 24.9 Å². The third-order valence-electron chi connectivity index (χ3n) is 3.33. The van der Waals surface area contributed by atoms with Crippen molar-refractivity contribution in [2.75, 3.05) is 18.4 Å². The van der Waals surface area contributed by atoms with Crippen molar-refractivity contribution in [3.05, 3.63) is 0 Å². The van der Waals surface area contributed by atoms with Gasteiger partial charge in [0.15, 0.2) is 0 Å². The molecule has 9 nitrogen and oxygen atoms in total. The summed E-state index contributed by atoms with van der Waals surface area (Å²) in [6, 6.07) is 0.0612. The molecular formula is C11H18N4O5S. The Labute approximate surface area is 122 Å². The van der Waals surface area contributed by atoms with Crippen LogP contribution in [-0.4, -0.2) is 48.5 Å². The van der Waals surface area contributed by atoms with Crippen LogP contribution in [0, 0.1) is 5.92 Å². The molecule has 1 aliphatic carbocycles. The molecule has 1 saturated carbocycles. The third-order valence-corrected chi connectivity index (χ3v) is 5.17. The van der Waals surface area contributed by atoms with Crippen molar-refractivity contribution < 1.29 is 22.7 Å². The van der Waals surface area contributed by atoms with Gasteiger partial charge in [-0.25, -0.2) is 13.5 Å². The van der Waals surface area contributed by atoms with Gasteiger partial charge in [0.2, 0.25) is 16.0 Å². The number of aromatic amines is 1. The third kappa shape index (κ3) is 3.43. The van der Waals surface area contributed by atoms with Gasteiger partial charge in [0.25, 0.3) is 0 Å². The average molecular weight is 318 g/mol. The Balaban J connectivity index is 2.11. The highest BCUT2D eigenvalue weighted by molar-refractivity contribution is 7.93. The standard InChI is InChI=1S/C11H18N4O5S/c1-3-20-11-12-10(13-14-11)15-21(17,18)8-6-4-5-7(8)9(16)19-2/h7-8H,3-6H2,1-2H3,(H2,12,13,14,15). The van der Waals surface area contributed by atoms with E-state index in [1.54, 1.807) is 6.92 Å². The summed E-state index contributed by atoms with van der Waals surface area (Å²) < 4.78 is 36.7. The monoisotopic (exact) mass is 318 g/mol. The van der Waals surface area contributed by atoms with Crippen LogP contribution in [0.15, 0.2) is 0 Å². The first-order chi connectivity index (χ1) is 9.97. The van der Waals surface area contributed by atoms with E-state index in [4.69, 9.17) is 4.74 Å². The zero-order chi connectivity index (χ0) is 15.5. The van der Waals surface area contributed by atoms with Gasteiger partial charge in [0.1, 0.15) is 0 Å². The van der Waals surface area contributed by atoms with Crippen molar-refractivity contribution in [3.63, 3.8) is 0 Å². The first-order valence-electron chi connectivity index (χ1n) is 6.62. The van der Waals surface area contributed by atoms with Crippen molar-refractivity contribution in [2.24, 2.45) is 5.92 Å². The van der Waals surface area contributed by atoms with Gasteiger partial charge >= 0.3 is 12.0 Å². The summed E-state index contributed by atoms with van der Waals surface area (Å²) in [5.74, 6) is -1.19. The fraction of sp³-hybridized carbons (Fsp3) is 0.727. The topological polar surface area (TPSA) is 123 Å². The van der Waals surface area contributed by atoms with Gasteiger partial charge in [0, 0.05) is 0 Å². The Morgan fingerprint density at radius 1 is 1.48 bits per heavy atom. The summed E-state index contributed by atoms with van der Waals surface area (Å²) in [5.41, 5.74) is 0. The lowest BCUT2D eigenvalue weighted by atomic mass is 10.1. The van der Waals surface area contributed by atoms with Crippen molar-refractivity contribution in [1.29, 1.82) is 0 Å². The maximum absolute atomic E-state index is 12.4. The molecule has 1 heterocycles. The molecular weight excluding hydrogens is 300 g/mol. The molecule has 1 aliphatic rings. The van der Waals surface area contributed by atoms with Gasteiger partial charge in [-0.3, -0.25) is 9.52 Å². The first-order valence-corrected chi connectivity index (χ1v) is 8.17. The lowest BCUT2D eigenvalue weighted by Gasteiger charge is -2.17. The van der Waals surface area contributed by atoms with Crippen LogP contribution >= 0.6 is 0 Å². The molecule has 10 heteroatoms. The molecule has 0 bridgehead atoms. The van der Waals surface area contributed by atoms with Crippen LogP contribution < -0.4 is 9.46 Å². The van der Waals surface area contributed by atoms with Crippen molar-refractivity contribution in [1.82, 2.24) is 15.2 Å². The Hall–Kier alpha value is -1.84. The first kappa shape index (κ1) is 15.5. The van der Waals surface area contributed by atoms with Crippen LogP contribution in [0.25, 0.3) is 0 Å². The number of H-pyrrole nitrogens is 1. The summed E-state index contributed by atoms with van der Waals surface area (Å²) in [6.45, 7) is 2.14. The van der Waals surface area contributed by atoms with Gasteiger partial charge in [-0.05, 0) is 19.8 Å². The number of aromatic nitrogens is 3. The number of hydrogen-bond donors (Lipinski definition) is 2. The largest absolute Gasteiger partial charge is 0.469 e. The van der Waals surface area contributed by atoms with Crippen LogP contribution in [0.1, 0.15) is 26.2 Å². The fourth-order valence-electron chi connectivity index (χ4n) is 2.41. The number of rotatable bonds is 6. The zero-order valence-electron chi connectivity index (χ0n) is 11.8. The van der Waals surface area contributed by atoms with E-state index in [9.17, 15) is 13.2 Å². The molecule has 2 rings (SSSR count). The zero-order valence-corrected chi connectivity index (χ0v) is 12.6. The smallest absolute Gasteiger partial charge is 0.337 e. The Morgan fingerprint density at radius 2 is 2.24 bits per heavy atom. The van der Waals surface area contributed by atoms with E-state index < -0.39 is 27.2 Å². The molecule has 118 valence electrons. The van der Waals surface area contributed by atoms with Crippen LogP contribution in [0.5, 0.6) is 6.01 Å². The molecule has 21 heavy (non-hydrogen) atoms. The van der Waals surface area contributed by atoms with Gasteiger partial charge < -0.3 is 9.47 Å². The molecule has 0 radical (unpaired) electrons. The Bertz CT molecular complexity index is 600. The number of carbonyl (C=O) groups excluding carboxylic acids is 1. The highest BCUT2D eigenvalue weighted by atomic mass is 32.2. The van der Waals surface area contributed by atoms with Crippen LogP contribution in [0.4, 0.5) is 5.95 Å². The molecule has 0 aliphatic heterocycles. The van der Waals surface area contributed by atoms with Gasteiger partial charge in [-0.2, -0.15) is 4.98 Å². The van der Waals surface area contributed by atoms with E-state index in [0.29, 0.717) is 25.9 Å². The average Bonchev–Trinajstić information content (AvgIpc) is 3.07. The Kier molecular flexibility index (Phi) is 4.66. The molecule has 1 aromatic heterocycles. The number of hydrogen-bond acceptors (Lipinski definition) is 7. The maximum Gasteiger partial charge on any atom is 0.337 e. The van der Waals surface area contributed by atoms with Gasteiger partial charge in [-0.15, -0.1) is 5.10 Å². The highest BCUT2D eigenvalue weighted by Gasteiger charge is 2.42. The molecule has 0 amide bonds. The van der Waals surface area contributed by atoms with Crippen molar-refractivity contribution in [3.8, 4) is 6.01 Å². The van der Waals surface area contributed by atoms with E-state index in [0.717, 1.165) is 0 Å². The number of nitrogens with zero attached hydrogens (tertiary/aromatic N) is 2. The lowest BCUT2D eigenvalue weighted by molar-refractivity contribution is -0.145. The number of ether oxygens (including phenoxy) is 2. The molecule has 2 N–H and O–H groups in total. The lowest BCUT2D eigenvalue weighted by Crippen LogP contribution is -2.35. The summed E-state index contributed by atoms with van der Waals surface area (Å²) in [6.07, 6.45) is 1.56. The van der Waals surface area contributed by atoms with Crippen LogP contribution in [0.3, 0.4) is 0 Å². The number of sulfonamides is 1. The van der Waals surface area contributed by atoms with Crippen molar-refractivity contribution in [2.45, 2.75) is 31.4 Å². The predicted molar refractivity (Wildman–Crippen MR) is 73.2 cm³/mol. The summed E-state index contributed by atoms with van der Waals surface area (Å²) in [7, 11) is -2.51. The number of esters is 1. The van der Waals surface area contributed by atoms with Gasteiger partial charge in [-0.1, -0.05) is 6.42 Å². The van der Waals surface area contributed by atoms with E-state index >= 15 is 0 Å². The molecule has 0 spiro atoms. The molecule has 2 atom stereocenters. The molecule has 1 fully saturated rings. The summed E-state index contributed by atoms with van der Waals surface area (Å²) >= 11 is 0. The van der Waals surface area contributed by atoms with E-state index in [1.807, 2.05) is 0 Å². The van der Waals surface area contributed by atoms with Crippen LogP contribution in [0.2, 0.25) is 0 Å². The number of carbonyl (C=O) groups is 1. The van der Waals surface area contributed by atoms with E-state index in [1.165, 1.54) is 7.11 Å². The minimum absolute atomic E-state index is 0.0334. The molecule has 1 aromatic rings. The number of anilines is 1. The Morgan fingerprint density at radius 3 is 2.90 bits per heavy atom. The normalized spacial score (nSPS) is 22.0. The quantitative estimate of drug-likeness (QED) is 0.722. The minimum atomic E-state index is -3.76. The SMILES string of the molecule is CCOc1n[nH]c(NS(=O)(=O)C2CCCC2C(=O)OC)n1. The summed E-state index contributed by atoms with van der Waals surface area (Å²) in [4.78, 5) is 15.5. The van der Waals surface area contributed by atoms with E-state index in [-0.39, 0.29) is 12.0 Å². The molecule has 0 aromatic carbocycles. The second-order valence-electron chi connectivity index (χ2n) is 4.65.